The molecular weight excluding hydrogens is 451 g/mol. The summed E-state index contributed by atoms with van der Waals surface area (Å²) in [5.74, 6) is -3.36. The molecule has 8 nitrogen and oxygen atoms in total. The molecule has 2 fully saturated rings. The maximum atomic E-state index is 14.4. The monoisotopic (exact) mass is 476 g/mol. The lowest BCUT2D eigenvalue weighted by molar-refractivity contribution is -0.143. The largest absolute Gasteiger partial charge is 0.385 e. The number of carbonyl (C=O) groups excluding carboxylic acids is 3. The number of amides is 3. The molecule has 3 N–H and O–H groups in total. The van der Waals surface area contributed by atoms with Crippen molar-refractivity contribution in [2.45, 2.75) is 24.4 Å². The molecule has 3 aliphatic heterocycles. The lowest BCUT2D eigenvalue weighted by Crippen LogP contribution is -2.53. The van der Waals surface area contributed by atoms with Crippen molar-refractivity contribution in [3.8, 4) is 0 Å². The third-order valence-electron chi connectivity index (χ3n) is 7.61. The molecule has 0 bridgehead atoms. The van der Waals surface area contributed by atoms with Gasteiger partial charge in [0, 0.05) is 54.7 Å². The summed E-state index contributed by atoms with van der Waals surface area (Å²) >= 11 is 0. The minimum Gasteiger partial charge on any atom is -0.385 e. The maximum absolute atomic E-state index is 14.4. The van der Waals surface area contributed by atoms with Crippen LogP contribution in [-0.2, 0) is 31.1 Å². The van der Waals surface area contributed by atoms with E-state index in [9.17, 15) is 18.8 Å². The van der Waals surface area contributed by atoms with Gasteiger partial charge >= 0.3 is 0 Å². The first-order valence-corrected chi connectivity index (χ1v) is 11.7. The maximum Gasteiger partial charge on any atom is 0.250 e. The van der Waals surface area contributed by atoms with Gasteiger partial charge in [-0.25, -0.2) is 4.39 Å². The molecule has 2 aromatic carbocycles. The van der Waals surface area contributed by atoms with Gasteiger partial charge in [0.1, 0.15) is 11.4 Å². The summed E-state index contributed by atoms with van der Waals surface area (Å²) in [5.41, 5.74) is 1.26. The number of nitrogens with zero attached hydrogens (tertiary/aromatic N) is 1. The number of hydrogen-bond acceptors (Lipinski definition) is 5. The van der Waals surface area contributed by atoms with Crippen molar-refractivity contribution in [3.05, 3.63) is 65.6 Å². The number of anilines is 1. The zero-order valence-corrected chi connectivity index (χ0v) is 19.1. The number of carbonyl (C=O) groups is 3. The second kappa shape index (κ2) is 8.00. The van der Waals surface area contributed by atoms with Gasteiger partial charge in [-0.2, -0.15) is 0 Å². The van der Waals surface area contributed by atoms with Gasteiger partial charge in [-0.3, -0.25) is 24.6 Å². The van der Waals surface area contributed by atoms with Crippen LogP contribution in [-0.4, -0.2) is 53.9 Å². The van der Waals surface area contributed by atoms with E-state index in [0.717, 1.165) is 16.5 Å². The van der Waals surface area contributed by atoms with Crippen LogP contribution in [0.15, 0.2) is 48.7 Å². The molecule has 3 aliphatic rings. The van der Waals surface area contributed by atoms with Crippen molar-refractivity contribution in [3.63, 3.8) is 0 Å². The fraction of sp³-hybridized carbons (Fsp3) is 0.346. The van der Waals surface area contributed by atoms with Crippen molar-refractivity contribution in [1.29, 1.82) is 0 Å². The number of para-hydroxylation sites is 1. The number of H-pyrrole nitrogens is 1. The number of ether oxygens (including phenoxy) is 1. The number of hydrogen-bond donors (Lipinski definition) is 3. The average Bonchev–Trinajstić information content (AvgIpc) is 3.55. The summed E-state index contributed by atoms with van der Waals surface area (Å²) in [5, 5.41) is 7.19. The average molecular weight is 477 g/mol. The molecule has 180 valence electrons. The highest BCUT2D eigenvalue weighted by Gasteiger charge is 2.70. The van der Waals surface area contributed by atoms with Crippen LogP contribution in [0.25, 0.3) is 10.9 Å². The molecule has 3 aromatic rings. The molecule has 0 unspecified atom stereocenters. The minimum absolute atomic E-state index is 0.214. The highest BCUT2D eigenvalue weighted by Crippen LogP contribution is 2.53. The first-order valence-electron chi connectivity index (χ1n) is 11.7. The lowest BCUT2D eigenvalue weighted by atomic mass is 9.76. The van der Waals surface area contributed by atoms with Crippen LogP contribution < -0.4 is 10.6 Å². The van der Waals surface area contributed by atoms with E-state index in [0.29, 0.717) is 30.7 Å². The Balaban J connectivity index is 1.45. The standard InChI is InChI=1S/C26H25FN4O4/c1-35-10-4-9-31-23(32)21-20(11-14-13-28-18-6-3-2-5-16(14)18)30-26(22(21)24(31)33)17-12-15(27)7-8-19(17)29-25(26)34/h2-3,5-8,12-13,20-22,28,30H,4,9-11H2,1H3,(H,29,34)/t20-,21+,22-,26-/m0/s1. The highest BCUT2D eigenvalue weighted by atomic mass is 19.1. The van der Waals surface area contributed by atoms with Crippen molar-refractivity contribution in [2.24, 2.45) is 11.8 Å². The molecule has 1 aromatic heterocycles. The summed E-state index contributed by atoms with van der Waals surface area (Å²) < 4.78 is 19.5. The summed E-state index contributed by atoms with van der Waals surface area (Å²) in [6, 6.07) is 11.4. The minimum atomic E-state index is -1.51. The topological polar surface area (TPSA) is 104 Å². The number of likely N-dealkylation sites (tertiary alicyclic amines) is 1. The fourth-order valence-electron chi connectivity index (χ4n) is 6.13. The summed E-state index contributed by atoms with van der Waals surface area (Å²) in [6.45, 7) is 0.620. The molecule has 6 rings (SSSR count). The number of benzene rings is 2. The number of aromatic nitrogens is 1. The Morgan fingerprint density at radius 1 is 1.11 bits per heavy atom. The lowest BCUT2D eigenvalue weighted by Gasteiger charge is -2.29. The van der Waals surface area contributed by atoms with E-state index in [2.05, 4.69) is 15.6 Å². The van der Waals surface area contributed by atoms with Gasteiger partial charge in [0.15, 0.2) is 0 Å². The Morgan fingerprint density at radius 2 is 1.94 bits per heavy atom. The smallest absolute Gasteiger partial charge is 0.250 e. The molecule has 0 aliphatic carbocycles. The van der Waals surface area contributed by atoms with Crippen molar-refractivity contribution in [1.82, 2.24) is 15.2 Å². The van der Waals surface area contributed by atoms with Gasteiger partial charge in [0.2, 0.25) is 17.7 Å². The van der Waals surface area contributed by atoms with Gasteiger partial charge in [0.25, 0.3) is 0 Å². The number of imide groups is 1. The van der Waals surface area contributed by atoms with E-state index in [1.807, 2.05) is 30.5 Å². The Hall–Kier alpha value is -3.56. The normalized spacial score (nSPS) is 27.2. The summed E-state index contributed by atoms with van der Waals surface area (Å²) in [6.07, 6.45) is 2.82. The SMILES string of the molecule is COCCCN1C(=O)[C@@H]2[C@H](Cc3c[nH]c4ccccc34)N[C@]3(C(=O)Nc4ccc(F)cc43)[C@@H]2C1=O. The Morgan fingerprint density at radius 3 is 2.77 bits per heavy atom. The van der Waals surface area contributed by atoms with Crippen LogP contribution in [0.5, 0.6) is 0 Å². The van der Waals surface area contributed by atoms with Crippen LogP contribution >= 0.6 is 0 Å². The van der Waals surface area contributed by atoms with Crippen LogP contribution in [0.2, 0.25) is 0 Å². The third kappa shape index (κ3) is 3.08. The Labute approximate surface area is 200 Å². The Kier molecular flexibility index (Phi) is 5.01. The van der Waals surface area contributed by atoms with Crippen LogP contribution in [0.1, 0.15) is 17.5 Å². The first kappa shape index (κ1) is 21.9. The van der Waals surface area contributed by atoms with E-state index >= 15 is 0 Å². The van der Waals surface area contributed by atoms with E-state index in [1.165, 1.54) is 23.1 Å². The number of aromatic amines is 1. The third-order valence-corrected chi connectivity index (χ3v) is 7.61. The molecule has 1 spiro atoms. The van der Waals surface area contributed by atoms with E-state index in [4.69, 9.17) is 4.74 Å². The predicted molar refractivity (Wildman–Crippen MR) is 126 cm³/mol. The fourth-order valence-corrected chi connectivity index (χ4v) is 6.13. The quantitative estimate of drug-likeness (QED) is 0.374. The van der Waals surface area contributed by atoms with Gasteiger partial charge in [-0.15, -0.1) is 0 Å². The molecule has 35 heavy (non-hydrogen) atoms. The summed E-state index contributed by atoms with van der Waals surface area (Å²) in [4.78, 5) is 45.3. The molecule has 3 amide bonds. The van der Waals surface area contributed by atoms with Gasteiger partial charge in [-0.1, -0.05) is 18.2 Å². The van der Waals surface area contributed by atoms with E-state index in [-0.39, 0.29) is 12.5 Å². The number of halogens is 1. The molecule has 4 heterocycles. The molecule has 9 heteroatoms. The van der Waals surface area contributed by atoms with Crippen molar-refractivity contribution < 1.29 is 23.5 Å². The zero-order chi connectivity index (χ0) is 24.3. The first-order chi connectivity index (χ1) is 17.0. The van der Waals surface area contributed by atoms with E-state index < -0.39 is 41.0 Å². The second-order valence-corrected chi connectivity index (χ2v) is 9.44. The number of fused-ring (bicyclic) bond motifs is 5. The van der Waals surface area contributed by atoms with Crippen LogP contribution in [0.3, 0.4) is 0 Å². The number of methoxy groups -OCH3 is 1. The van der Waals surface area contributed by atoms with Gasteiger partial charge in [0.05, 0.1) is 11.8 Å². The van der Waals surface area contributed by atoms with Crippen molar-refractivity contribution >= 4 is 34.3 Å². The van der Waals surface area contributed by atoms with Gasteiger partial charge < -0.3 is 15.0 Å². The molecular formula is C26H25FN4O4. The van der Waals surface area contributed by atoms with E-state index in [1.54, 1.807) is 7.11 Å². The van der Waals surface area contributed by atoms with Crippen molar-refractivity contribution in [2.75, 3.05) is 25.6 Å². The molecule has 0 saturated carbocycles. The second-order valence-electron chi connectivity index (χ2n) is 9.44. The van der Waals surface area contributed by atoms with Gasteiger partial charge in [-0.05, 0) is 42.7 Å². The van der Waals surface area contributed by atoms with Crippen LogP contribution in [0, 0.1) is 17.7 Å². The molecule has 4 atom stereocenters. The Bertz CT molecular complexity index is 1370. The summed E-state index contributed by atoms with van der Waals surface area (Å²) in [7, 11) is 1.56. The number of nitrogens with one attached hydrogen (secondary N) is 3. The number of rotatable bonds is 6. The molecule has 2 saturated heterocycles. The van der Waals surface area contributed by atoms with Crippen LogP contribution in [0.4, 0.5) is 10.1 Å². The highest BCUT2D eigenvalue weighted by molar-refractivity contribution is 6.15. The molecule has 0 radical (unpaired) electrons. The predicted octanol–water partition coefficient (Wildman–Crippen LogP) is 2.31. The zero-order valence-electron chi connectivity index (χ0n) is 19.1.